The molecule has 0 saturated carbocycles. The summed E-state index contributed by atoms with van der Waals surface area (Å²) in [5.41, 5.74) is 0.599. The molecule has 1 heterocycles. The first-order valence-electron chi connectivity index (χ1n) is 7.51. The first-order chi connectivity index (χ1) is 12.8. The van der Waals surface area contributed by atoms with Crippen LogP contribution in [0.4, 0.5) is 11.4 Å². The number of hydrogen-bond acceptors (Lipinski definition) is 7. The molecule has 3 aromatic rings. The highest BCUT2D eigenvalue weighted by atomic mass is 16.6. The molecule has 0 atom stereocenters. The number of benzene rings is 2. The zero-order valence-electron chi connectivity index (χ0n) is 13.8. The van der Waals surface area contributed by atoms with Gasteiger partial charge in [-0.1, -0.05) is 12.1 Å². The molecule has 1 N–H and O–H groups in total. The number of amides is 1. The number of carbonyl (C=O) groups excluding carboxylic acids is 1. The summed E-state index contributed by atoms with van der Waals surface area (Å²) in [4.78, 5) is 49.4. The number of para-hydroxylation sites is 1. The fourth-order valence-corrected chi connectivity index (χ4v) is 2.48. The molecule has 0 aliphatic rings. The summed E-state index contributed by atoms with van der Waals surface area (Å²) in [6.07, 6.45) is 0. The molecule has 27 heavy (non-hydrogen) atoms. The van der Waals surface area contributed by atoms with Gasteiger partial charge in [-0.2, -0.15) is 0 Å². The van der Waals surface area contributed by atoms with Crippen molar-refractivity contribution in [3.8, 4) is 0 Å². The van der Waals surface area contributed by atoms with E-state index in [0.29, 0.717) is 5.52 Å². The molecular formula is C16H11N5O6. The van der Waals surface area contributed by atoms with Crippen molar-refractivity contribution in [3.05, 3.63) is 84.4 Å². The zero-order valence-corrected chi connectivity index (χ0v) is 13.8. The fraction of sp³-hybridized carbons (Fsp3) is 0.0625. The van der Waals surface area contributed by atoms with Crippen LogP contribution in [-0.4, -0.2) is 25.4 Å². The molecule has 0 aliphatic heterocycles. The second-order valence-corrected chi connectivity index (χ2v) is 5.51. The molecule has 136 valence electrons. The number of nitrogens with one attached hydrogen (secondary N) is 1. The summed E-state index contributed by atoms with van der Waals surface area (Å²) < 4.78 is 0.884. The summed E-state index contributed by atoms with van der Waals surface area (Å²) in [6.45, 7) is 1.49. The first-order valence-corrected chi connectivity index (χ1v) is 7.51. The molecule has 3 rings (SSSR count). The van der Waals surface area contributed by atoms with Crippen molar-refractivity contribution in [2.75, 3.05) is 5.43 Å². The Labute approximate surface area is 150 Å². The molecule has 0 bridgehead atoms. The van der Waals surface area contributed by atoms with E-state index in [1.54, 1.807) is 18.2 Å². The minimum absolute atomic E-state index is 0.173. The normalized spacial score (nSPS) is 10.6. The van der Waals surface area contributed by atoms with Crippen molar-refractivity contribution < 1.29 is 14.6 Å². The Balaban J connectivity index is 2.06. The topological polar surface area (TPSA) is 150 Å². The number of non-ortho nitro benzene ring substituents is 2. The average molecular weight is 369 g/mol. The molecule has 11 nitrogen and oxygen atoms in total. The minimum atomic E-state index is -0.927. The third kappa shape index (κ3) is 3.33. The highest BCUT2D eigenvalue weighted by Crippen LogP contribution is 2.22. The molecule has 0 fully saturated rings. The summed E-state index contributed by atoms with van der Waals surface area (Å²) in [7, 11) is 0. The number of rotatable bonds is 4. The van der Waals surface area contributed by atoms with E-state index in [-0.39, 0.29) is 16.8 Å². The van der Waals surface area contributed by atoms with E-state index in [1.165, 1.54) is 13.0 Å². The maximum Gasteiger partial charge on any atom is 0.280 e. The second-order valence-electron chi connectivity index (χ2n) is 5.51. The Morgan fingerprint density at radius 3 is 2.26 bits per heavy atom. The van der Waals surface area contributed by atoms with Crippen LogP contribution in [0.5, 0.6) is 0 Å². The van der Waals surface area contributed by atoms with E-state index in [4.69, 9.17) is 0 Å². The van der Waals surface area contributed by atoms with Crippen LogP contribution in [-0.2, 0) is 0 Å². The highest BCUT2D eigenvalue weighted by molar-refractivity contribution is 6.01. The SMILES string of the molecule is Cc1nc2ccccc2c(=O)n1NC(=O)c1cc([N+](=O)[O-])cc([N+](=O)[O-])c1. The molecule has 0 radical (unpaired) electrons. The van der Waals surface area contributed by atoms with Gasteiger partial charge < -0.3 is 0 Å². The molecule has 0 unspecified atom stereocenters. The second kappa shape index (κ2) is 6.63. The predicted molar refractivity (Wildman–Crippen MR) is 94.2 cm³/mol. The third-order valence-electron chi connectivity index (χ3n) is 3.74. The number of nitrogens with zero attached hydrogens (tertiary/aromatic N) is 4. The van der Waals surface area contributed by atoms with Gasteiger partial charge in [-0.05, 0) is 19.1 Å². The van der Waals surface area contributed by atoms with Gasteiger partial charge in [0.2, 0.25) is 0 Å². The zero-order chi connectivity index (χ0) is 19.7. The van der Waals surface area contributed by atoms with Crippen LogP contribution in [0.25, 0.3) is 10.9 Å². The summed E-state index contributed by atoms with van der Waals surface area (Å²) in [5, 5.41) is 22.2. The van der Waals surface area contributed by atoms with Gasteiger partial charge in [-0.15, -0.1) is 0 Å². The van der Waals surface area contributed by atoms with Gasteiger partial charge in [0.1, 0.15) is 5.82 Å². The van der Waals surface area contributed by atoms with E-state index >= 15 is 0 Å². The van der Waals surface area contributed by atoms with Gasteiger partial charge in [0.15, 0.2) is 0 Å². The van der Waals surface area contributed by atoms with Gasteiger partial charge in [0.05, 0.1) is 32.4 Å². The standard InChI is InChI=1S/C16H11N5O6/c1-9-17-14-5-3-2-4-13(14)16(23)19(9)18-15(22)10-6-11(20(24)25)8-12(7-10)21(26)27/h2-8H,1H3,(H,18,22). The summed E-state index contributed by atoms with van der Waals surface area (Å²) >= 11 is 0. The lowest BCUT2D eigenvalue weighted by Gasteiger charge is -2.12. The number of carbonyl (C=O) groups is 1. The van der Waals surface area contributed by atoms with E-state index in [9.17, 15) is 29.8 Å². The Hall–Kier alpha value is -4.15. The lowest BCUT2D eigenvalue weighted by Crippen LogP contribution is -2.35. The van der Waals surface area contributed by atoms with Crippen molar-refractivity contribution in [2.45, 2.75) is 6.92 Å². The number of fused-ring (bicyclic) bond motifs is 1. The number of aromatic nitrogens is 2. The van der Waals surface area contributed by atoms with Crippen LogP contribution < -0.4 is 11.0 Å². The van der Waals surface area contributed by atoms with Gasteiger partial charge >= 0.3 is 0 Å². The Kier molecular flexibility index (Phi) is 4.34. The van der Waals surface area contributed by atoms with Crippen LogP contribution >= 0.6 is 0 Å². The van der Waals surface area contributed by atoms with E-state index in [1.807, 2.05) is 0 Å². The maximum absolute atomic E-state index is 12.6. The lowest BCUT2D eigenvalue weighted by molar-refractivity contribution is -0.394. The summed E-state index contributed by atoms with van der Waals surface area (Å²) in [6, 6.07) is 9.03. The van der Waals surface area contributed by atoms with Crippen LogP contribution in [0.1, 0.15) is 16.2 Å². The Morgan fingerprint density at radius 2 is 1.67 bits per heavy atom. The monoisotopic (exact) mass is 369 g/mol. The van der Waals surface area contributed by atoms with Crippen LogP contribution in [0.2, 0.25) is 0 Å². The van der Waals surface area contributed by atoms with Crippen LogP contribution in [0.3, 0.4) is 0 Å². The van der Waals surface area contributed by atoms with Gasteiger partial charge in [-0.3, -0.25) is 35.2 Å². The number of nitro groups is 2. The Morgan fingerprint density at radius 1 is 1.07 bits per heavy atom. The molecule has 0 spiro atoms. The number of aryl methyl sites for hydroxylation is 1. The number of nitro benzene ring substituents is 2. The smallest absolute Gasteiger partial charge is 0.267 e. The summed E-state index contributed by atoms with van der Waals surface area (Å²) in [5.74, 6) is -0.754. The minimum Gasteiger partial charge on any atom is -0.267 e. The van der Waals surface area contributed by atoms with Crippen molar-refractivity contribution in [1.29, 1.82) is 0 Å². The maximum atomic E-state index is 12.6. The highest BCUT2D eigenvalue weighted by Gasteiger charge is 2.21. The molecule has 0 aliphatic carbocycles. The third-order valence-corrected chi connectivity index (χ3v) is 3.74. The fourth-order valence-electron chi connectivity index (χ4n) is 2.48. The first kappa shape index (κ1) is 17.7. The lowest BCUT2D eigenvalue weighted by atomic mass is 10.1. The molecule has 2 aromatic carbocycles. The average Bonchev–Trinajstić information content (AvgIpc) is 2.64. The van der Waals surface area contributed by atoms with Gasteiger partial charge in [-0.25, -0.2) is 9.66 Å². The van der Waals surface area contributed by atoms with Crippen LogP contribution in [0, 0.1) is 27.2 Å². The van der Waals surface area contributed by atoms with Crippen molar-refractivity contribution in [3.63, 3.8) is 0 Å². The predicted octanol–water partition coefficient (Wildman–Crippen LogP) is 1.91. The largest absolute Gasteiger partial charge is 0.280 e. The van der Waals surface area contributed by atoms with Crippen molar-refractivity contribution in [1.82, 2.24) is 9.66 Å². The quantitative estimate of drug-likeness (QED) is 0.545. The van der Waals surface area contributed by atoms with E-state index < -0.39 is 32.7 Å². The molecule has 0 saturated heterocycles. The van der Waals surface area contributed by atoms with Gasteiger partial charge in [0, 0.05) is 12.1 Å². The molecule has 11 heteroatoms. The number of hydrogen-bond donors (Lipinski definition) is 1. The van der Waals surface area contributed by atoms with Crippen LogP contribution in [0.15, 0.2) is 47.3 Å². The van der Waals surface area contributed by atoms with E-state index in [2.05, 4.69) is 10.4 Å². The van der Waals surface area contributed by atoms with Crippen molar-refractivity contribution >= 4 is 28.2 Å². The molecular weight excluding hydrogens is 358 g/mol. The van der Waals surface area contributed by atoms with E-state index in [0.717, 1.165) is 22.9 Å². The molecule has 1 amide bonds. The Bertz CT molecular complexity index is 1140. The molecule has 1 aromatic heterocycles. The van der Waals surface area contributed by atoms with Crippen molar-refractivity contribution in [2.24, 2.45) is 0 Å². The van der Waals surface area contributed by atoms with Gasteiger partial charge in [0.25, 0.3) is 22.8 Å².